The Morgan fingerprint density at radius 3 is 1.46 bits per heavy atom. The quantitative estimate of drug-likeness (QED) is 0.180. The molecule has 0 aliphatic heterocycles. The first-order valence-electron chi connectivity index (χ1n) is 17.6. The average Bonchev–Trinajstić information content (AvgIpc) is 3.95. The maximum Gasteiger partial charge on any atom is 0.137 e. The van der Waals surface area contributed by atoms with Gasteiger partial charge in [-0.2, -0.15) is 0 Å². The fourth-order valence-electron chi connectivity index (χ4n) is 8.48. The minimum atomic E-state index is 0.890. The second-order valence-electron chi connectivity index (χ2n) is 13.6. The van der Waals surface area contributed by atoms with Gasteiger partial charge in [0.25, 0.3) is 0 Å². The number of rotatable bonds is 3. The highest BCUT2D eigenvalue weighted by Gasteiger charge is 2.21. The third-order valence-electron chi connectivity index (χ3n) is 10.8. The predicted molar refractivity (Wildman–Crippen MR) is 225 cm³/mol. The van der Waals surface area contributed by atoms with E-state index in [2.05, 4.69) is 162 Å². The van der Waals surface area contributed by atoms with Gasteiger partial charge in [0.05, 0.1) is 11.0 Å². The van der Waals surface area contributed by atoms with Gasteiger partial charge >= 0.3 is 0 Å². The van der Waals surface area contributed by atoms with Crippen molar-refractivity contribution in [3.8, 4) is 27.9 Å². The van der Waals surface area contributed by atoms with Crippen molar-refractivity contribution in [2.24, 2.45) is 0 Å². The molecule has 4 heteroatoms. The standard InChI is InChI=1S/C48H27NOS2/c1-4-16-41-33(9-1)34-22-21-30(27-42(34)50-41)49-47-31(28-19-23-45-39(25-28)35-10-2-5-17-43(35)51-45)12-7-14-37(47)38-15-8-13-32(48(38)49)29-20-24-46-40(26-29)36-11-3-6-18-44(36)52-46/h1-27H. The van der Waals surface area contributed by atoms with E-state index < -0.39 is 0 Å². The first kappa shape index (κ1) is 28.5. The molecule has 52 heavy (non-hydrogen) atoms. The summed E-state index contributed by atoms with van der Waals surface area (Å²) < 4.78 is 14.3. The Balaban J connectivity index is 1.20. The normalized spacial score (nSPS) is 12.2. The molecule has 12 aromatic rings. The van der Waals surface area contributed by atoms with Gasteiger partial charge in [-0.3, -0.25) is 0 Å². The number of furan rings is 1. The molecule has 0 spiro atoms. The Labute approximate surface area is 306 Å². The van der Waals surface area contributed by atoms with Crippen LogP contribution in [0.15, 0.2) is 168 Å². The number of aromatic nitrogens is 1. The second-order valence-corrected chi connectivity index (χ2v) is 15.8. The number of para-hydroxylation sites is 3. The Kier molecular flexibility index (Phi) is 5.84. The summed E-state index contributed by atoms with van der Waals surface area (Å²) in [4.78, 5) is 0. The molecule has 2 nitrogen and oxygen atoms in total. The Morgan fingerprint density at radius 1 is 0.346 bits per heavy atom. The van der Waals surface area contributed by atoms with E-state index in [4.69, 9.17) is 4.42 Å². The summed E-state index contributed by atoms with van der Waals surface area (Å²) in [6.07, 6.45) is 0. The van der Waals surface area contributed by atoms with Gasteiger partial charge in [-0.1, -0.05) is 103 Å². The highest BCUT2D eigenvalue weighted by atomic mass is 32.1. The third-order valence-corrected chi connectivity index (χ3v) is 13.1. The number of fused-ring (bicyclic) bond motifs is 12. The number of hydrogen-bond acceptors (Lipinski definition) is 3. The molecule has 0 aliphatic carbocycles. The van der Waals surface area contributed by atoms with Crippen molar-refractivity contribution >= 4 is 107 Å². The van der Waals surface area contributed by atoms with E-state index in [0.717, 1.165) is 27.6 Å². The fourth-order valence-corrected chi connectivity index (χ4v) is 10.7. The van der Waals surface area contributed by atoms with E-state index in [-0.39, 0.29) is 0 Å². The summed E-state index contributed by atoms with van der Waals surface area (Å²) in [6, 6.07) is 60.1. The molecule has 0 unspecified atom stereocenters. The van der Waals surface area contributed by atoms with Crippen LogP contribution in [0.25, 0.3) is 112 Å². The summed E-state index contributed by atoms with van der Waals surface area (Å²) >= 11 is 3.72. The molecule has 0 atom stereocenters. The van der Waals surface area contributed by atoms with Crippen LogP contribution in [0.5, 0.6) is 0 Å². The lowest BCUT2D eigenvalue weighted by atomic mass is 9.98. The molecule has 0 N–H and O–H groups in total. The van der Waals surface area contributed by atoms with Gasteiger partial charge in [0.2, 0.25) is 0 Å². The molecular formula is C48H27NOS2. The van der Waals surface area contributed by atoms with Gasteiger partial charge in [0.1, 0.15) is 11.2 Å². The van der Waals surface area contributed by atoms with Crippen LogP contribution < -0.4 is 0 Å². The monoisotopic (exact) mass is 697 g/mol. The number of benzene rings is 8. The molecule has 12 rings (SSSR count). The fraction of sp³-hybridized carbons (Fsp3) is 0. The number of thiophene rings is 2. The zero-order valence-electron chi connectivity index (χ0n) is 27.8. The van der Waals surface area contributed by atoms with Gasteiger partial charge in [0, 0.05) is 84.8 Å². The molecule has 0 fully saturated rings. The summed E-state index contributed by atoms with van der Waals surface area (Å²) in [5.41, 5.74) is 10.1. The topological polar surface area (TPSA) is 18.1 Å². The van der Waals surface area contributed by atoms with Gasteiger partial charge < -0.3 is 8.98 Å². The molecule has 0 saturated heterocycles. The van der Waals surface area contributed by atoms with E-state index >= 15 is 0 Å². The summed E-state index contributed by atoms with van der Waals surface area (Å²) in [7, 11) is 0. The molecule has 0 saturated carbocycles. The van der Waals surface area contributed by atoms with Crippen LogP contribution in [0, 0.1) is 0 Å². The zero-order chi connectivity index (χ0) is 33.9. The largest absolute Gasteiger partial charge is 0.456 e. The number of hydrogen-bond donors (Lipinski definition) is 0. The van der Waals surface area contributed by atoms with Crippen LogP contribution in [0.3, 0.4) is 0 Å². The van der Waals surface area contributed by atoms with Crippen LogP contribution in [0.2, 0.25) is 0 Å². The van der Waals surface area contributed by atoms with Crippen LogP contribution in [0.4, 0.5) is 0 Å². The van der Waals surface area contributed by atoms with Crippen LogP contribution >= 0.6 is 22.7 Å². The lowest BCUT2D eigenvalue weighted by Crippen LogP contribution is -1.97. The Hall–Kier alpha value is -6.20. The molecule has 4 heterocycles. The second kappa shape index (κ2) is 10.7. The van der Waals surface area contributed by atoms with E-state index in [9.17, 15) is 0 Å². The molecule has 4 aromatic heterocycles. The molecule has 8 aromatic carbocycles. The lowest BCUT2D eigenvalue weighted by molar-refractivity contribution is 0.668. The van der Waals surface area contributed by atoms with E-state index in [1.165, 1.54) is 84.4 Å². The van der Waals surface area contributed by atoms with Gasteiger partial charge in [-0.15, -0.1) is 22.7 Å². The Morgan fingerprint density at radius 2 is 0.846 bits per heavy atom. The lowest BCUT2D eigenvalue weighted by Gasteiger charge is -2.14. The van der Waals surface area contributed by atoms with E-state index in [0.29, 0.717) is 0 Å². The van der Waals surface area contributed by atoms with Crippen molar-refractivity contribution in [1.29, 1.82) is 0 Å². The smallest absolute Gasteiger partial charge is 0.137 e. The molecule has 242 valence electrons. The molecule has 0 aliphatic rings. The van der Waals surface area contributed by atoms with Crippen molar-refractivity contribution in [3.05, 3.63) is 164 Å². The van der Waals surface area contributed by atoms with Crippen molar-refractivity contribution in [1.82, 2.24) is 4.57 Å². The molecular weight excluding hydrogens is 671 g/mol. The first-order chi connectivity index (χ1) is 25.8. The van der Waals surface area contributed by atoms with Crippen molar-refractivity contribution in [3.63, 3.8) is 0 Å². The highest BCUT2D eigenvalue weighted by molar-refractivity contribution is 7.26. The van der Waals surface area contributed by atoms with Crippen molar-refractivity contribution in [2.75, 3.05) is 0 Å². The minimum Gasteiger partial charge on any atom is -0.456 e. The van der Waals surface area contributed by atoms with Crippen LogP contribution in [-0.4, -0.2) is 4.57 Å². The molecule has 0 bridgehead atoms. The Bertz CT molecular complexity index is 3260. The van der Waals surface area contributed by atoms with Gasteiger partial charge in [-0.05, 0) is 65.7 Å². The maximum absolute atomic E-state index is 6.49. The number of nitrogens with zero attached hydrogens (tertiary/aromatic N) is 1. The van der Waals surface area contributed by atoms with Gasteiger partial charge in [0.15, 0.2) is 0 Å². The van der Waals surface area contributed by atoms with E-state index in [1.807, 2.05) is 28.7 Å². The first-order valence-corrected chi connectivity index (χ1v) is 19.2. The molecule has 0 amide bonds. The average molecular weight is 698 g/mol. The van der Waals surface area contributed by atoms with Gasteiger partial charge in [-0.25, -0.2) is 0 Å². The van der Waals surface area contributed by atoms with E-state index in [1.54, 1.807) is 0 Å². The summed E-state index contributed by atoms with van der Waals surface area (Å²) in [5.74, 6) is 0. The summed E-state index contributed by atoms with van der Waals surface area (Å²) in [5, 5.41) is 9.96. The SMILES string of the molecule is c1ccc2c(c1)oc1cc(-n3c4c(-c5ccc6sc7ccccc7c6c5)cccc4c4cccc(-c5ccc6sc7ccccc7c6c5)c43)ccc12. The van der Waals surface area contributed by atoms with Crippen molar-refractivity contribution < 1.29 is 4.42 Å². The summed E-state index contributed by atoms with van der Waals surface area (Å²) in [6.45, 7) is 0. The van der Waals surface area contributed by atoms with Crippen molar-refractivity contribution in [2.45, 2.75) is 0 Å². The third kappa shape index (κ3) is 3.99. The van der Waals surface area contributed by atoms with Crippen LogP contribution in [-0.2, 0) is 0 Å². The molecule has 0 radical (unpaired) electrons. The van der Waals surface area contributed by atoms with Crippen LogP contribution in [0.1, 0.15) is 0 Å². The zero-order valence-corrected chi connectivity index (χ0v) is 29.4. The highest BCUT2D eigenvalue weighted by Crippen LogP contribution is 2.45. The predicted octanol–water partition coefficient (Wildman–Crippen LogP) is 14.8. The minimum absolute atomic E-state index is 0.890. The maximum atomic E-state index is 6.49.